The van der Waals surface area contributed by atoms with Gasteiger partial charge in [-0.25, -0.2) is 0 Å². The molecule has 2 aliphatic carbocycles. The molecule has 1 aromatic rings. The minimum atomic E-state index is 0.348. The molecule has 0 saturated heterocycles. The third-order valence-electron chi connectivity index (χ3n) is 5.04. The molecule has 0 bridgehead atoms. The van der Waals surface area contributed by atoms with Crippen molar-refractivity contribution >= 4 is 11.4 Å². The number of Topliss-reactive ketones (excluding diaryl/α,β-unsaturated/α-hetero) is 1. The van der Waals surface area contributed by atoms with E-state index in [0.717, 1.165) is 19.3 Å². The van der Waals surface area contributed by atoms with Gasteiger partial charge in [0.1, 0.15) is 5.78 Å². The molecule has 0 saturated carbocycles. The summed E-state index contributed by atoms with van der Waals surface area (Å²) in [6.45, 7) is 6.04. The normalized spacial score (nSPS) is 19.2. The highest BCUT2D eigenvalue weighted by atomic mass is 16.1. The van der Waals surface area contributed by atoms with Crippen LogP contribution in [0.3, 0.4) is 0 Å². The summed E-state index contributed by atoms with van der Waals surface area (Å²) in [5.74, 6) is 0.711. The molecule has 3 rings (SSSR count). The zero-order chi connectivity index (χ0) is 17.6. The molecule has 1 nitrogen and oxygen atoms in total. The lowest BCUT2D eigenvalue weighted by molar-refractivity contribution is -0.118. The van der Waals surface area contributed by atoms with E-state index in [1.807, 2.05) is 12.1 Å². The monoisotopic (exact) mass is 330 g/mol. The van der Waals surface area contributed by atoms with E-state index in [9.17, 15) is 4.79 Å². The van der Waals surface area contributed by atoms with Crippen LogP contribution in [0.1, 0.15) is 44.6 Å². The van der Waals surface area contributed by atoms with E-state index in [2.05, 4.69) is 62.1 Å². The summed E-state index contributed by atoms with van der Waals surface area (Å²) in [7, 11) is 0. The summed E-state index contributed by atoms with van der Waals surface area (Å²) in [4.78, 5) is 12.4. The van der Waals surface area contributed by atoms with Crippen molar-refractivity contribution in [3.63, 3.8) is 0 Å². The average Bonchev–Trinajstić information content (AvgIpc) is 3.20. The van der Waals surface area contributed by atoms with E-state index >= 15 is 0 Å². The second-order valence-corrected chi connectivity index (χ2v) is 7.04. The zero-order valence-corrected chi connectivity index (χ0v) is 15.0. The molecule has 25 heavy (non-hydrogen) atoms. The number of rotatable bonds is 8. The number of hydrogen-bond donors (Lipinski definition) is 0. The molecular formula is C24H26O. The minimum absolute atomic E-state index is 0.348. The molecular weight excluding hydrogens is 304 g/mol. The van der Waals surface area contributed by atoms with Gasteiger partial charge in [0.25, 0.3) is 0 Å². The number of carbonyl (C=O) groups excluding carboxylic acids is 1. The van der Waals surface area contributed by atoms with Crippen LogP contribution in [0, 0.1) is 5.92 Å². The van der Waals surface area contributed by atoms with Crippen LogP contribution in [0.25, 0.3) is 5.57 Å². The van der Waals surface area contributed by atoms with E-state index in [0.29, 0.717) is 24.5 Å². The van der Waals surface area contributed by atoms with Crippen molar-refractivity contribution in [1.82, 2.24) is 0 Å². The first-order valence-corrected chi connectivity index (χ1v) is 9.11. The van der Waals surface area contributed by atoms with Crippen molar-refractivity contribution in [3.8, 4) is 0 Å². The predicted molar refractivity (Wildman–Crippen MR) is 106 cm³/mol. The Morgan fingerprint density at radius 2 is 1.96 bits per heavy atom. The quantitative estimate of drug-likeness (QED) is 0.517. The molecule has 1 heteroatoms. The number of carbonyl (C=O) groups is 1. The molecule has 1 aromatic carbocycles. The summed E-state index contributed by atoms with van der Waals surface area (Å²) >= 11 is 0. The van der Waals surface area contributed by atoms with Crippen LogP contribution in [-0.4, -0.2) is 5.78 Å². The van der Waals surface area contributed by atoms with Crippen LogP contribution in [0.5, 0.6) is 0 Å². The van der Waals surface area contributed by atoms with Crippen molar-refractivity contribution in [3.05, 3.63) is 89.6 Å². The van der Waals surface area contributed by atoms with Gasteiger partial charge in [-0.05, 0) is 37.3 Å². The Kier molecular flexibility index (Phi) is 5.65. The van der Waals surface area contributed by atoms with Crippen LogP contribution in [0.2, 0.25) is 0 Å². The molecule has 0 heterocycles. The van der Waals surface area contributed by atoms with Gasteiger partial charge in [0.05, 0.1) is 0 Å². The highest BCUT2D eigenvalue weighted by Gasteiger charge is 2.23. The largest absolute Gasteiger partial charge is 0.299 e. The van der Waals surface area contributed by atoms with Gasteiger partial charge in [0, 0.05) is 18.8 Å². The summed E-state index contributed by atoms with van der Waals surface area (Å²) < 4.78 is 0. The summed E-state index contributed by atoms with van der Waals surface area (Å²) in [6.07, 6.45) is 14.6. The number of ketones is 1. The SMILES string of the molecule is C=CCC1C(CCC(=O)CC2=CC=C(C)C2)=CC=C1c1ccccc1. The van der Waals surface area contributed by atoms with E-state index in [1.165, 1.54) is 27.9 Å². The Morgan fingerprint density at radius 1 is 1.16 bits per heavy atom. The van der Waals surface area contributed by atoms with Gasteiger partial charge in [0.2, 0.25) is 0 Å². The number of benzene rings is 1. The maximum absolute atomic E-state index is 12.4. The van der Waals surface area contributed by atoms with E-state index in [4.69, 9.17) is 0 Å². The Morgan fingerprint density at radius 3 is 2.64 bits per heavy atom. The maximum atomic E-state index is 12.4. The van der Waals surface area contributed by atoms with Gasteiger partial charge in [-0.15, -0.1) is 6.58 Å². The van der Waals surface area contributed by atoms with Crippen molar-refractivity contribution in [2.24, 2.45) is 5.92 Å². The van der Waals surface area contributed by atoms with Crippen LogP contribution in [0.4, 0.5) is 0 Å². The van der Waals surface area contributed by atoms with Crippen molar-refractivity contribution < 1.29 is 4.79 Å². The van der Waals surface area contributed by atoms with Crippen molar-refractivity contribution in [1.29, 1.82) is 0 Å². The van der Waals surface area contributed by atoms with E-state index in [-0.39, 0.29) is 0 Å². The van der Waals surface area contributed by atoms with Crippen LogP contribution in [-0.2, 0) is 4.79 Å². The molecule has 0 amide bonds. The molecule has 0 aromatic heterocycles. The third-order valence-corrected chi connectivity index (χ3v) is 5.04. The molecule has 0 radical (unpaired) electrons. The van der Waals surface area contributed by atoms with Gasteiger partial charge < -0.3 is 0 Å². The van der Waals surface area contributed by atoms with Crippen molar-refractivity contribution in [2.75, 3.05) is 0 Å². The fourth-order valence-electron chi connectivity index (χ4n) is 3.74. The Bertz CT molecular complexity index is 772. The summed E-state index contributed by atoms with van der Waals surface area (Å²) in [6, 6.07) is 10.5. The molecule has 0 N–H and O–H groups in total. The third kappa shape index (κ3) is 4.36. The summed E-state index contributed by atoms with van der Waals surface area (Å²) in [5, 5.41) is 0. The first kappa shape index (κ1) is 17.4. The second-order valence-electron chi connectivity index (χ2n) is 7.04. The Labute approximate surface area is 151 Å². The fraction of sp³-hybridized carbons (Fsp3) is 0.292. The van der Waals surface area contributed by atoms with Crippen LogP contribution >= 0.6 is 0 Å². The lowest BCUT2D eigenvalue weighted by Gasteiger charge is -2.18. The van der Waals surface area contributed by atoms with E-state index in [1.54, 1.807) is 0 Å². The lowest BCUT2D eigenvalue weighted by Crippen LogP contribution is -2.06. The number of hydrogen-bond acceptors (Lipinski definition) is 1. The zero-order valence-electron chi connectivity index (χ0n) is 15.0. The summed E-state index contributed by atoms with van der Waals surface area (Å²) in [5.41, 5.74) is 6.59. The molecule has 0 spiro atoms. The smallest absolute Gasteiger partial charge is 0.137 e. The van der Waals surface area contributed by atoms with Gasteiger partial charge in [-0.2, -0.15) is 0 Å². The molecule has 2 aliphatic rings. The first-order chi connectivity index (χ1) is 12.2. The standard InChI is InChI=1S/C24H26O/c1-3-7-23-21(13-15-24(23)20-8-5-4-6-9-20)12-14-22(25)17-19-11-10-18(2)16-19/h3-6,8-11,13,15,23H,1,7,12,14,16-17H2,2H3. The van der Waals surface area contributed by atoms with Gasteiger partial charge in [0.15, 0.2) is 0 Å². The first-order valence-electron chi connectivity index (χ1n) is 9.11. The highest BCUT2D eigenvalue weighted by Crippen LogP contribution is 2.39. The predicted octanol–water partition coefficient (Wildman–Crippen LogP) is 6.22. The molecule has 0 aliphatic heterocycles. The Hall–Kier alpha value is -2.41. The van der Waals surface area contributed by atoms with Crippen LogP contribution in [0.15, 0.2) is 84.0 Å². The number of allylic oxidation sites excluding steroid dienone is 9. The Balaban J connectivity index is 1.57. The van der Waals surface area contributed by atoms with Crippen molar-refractivity contribution in [2.45, 2.75) is 39.0 Å². The highest BCUT2D eigenvalue weighted by molar-refractivity contribution is 5.82. The topological polar surface area (TPSA) is 17.1 Å². The fourth-order valence-corrected chi connectivity index (χ4v) is 3.74. The molecule has 0 fully saturated rings. The second kappa shape index (κ2) is 8.11. The minimum Gasteiger partial charge on any atom is -0.299 e. The molecule has 1 unspecified atom stereocenters. The van der Waals surface area contributed by atoms with Gasteiger partial charge >= 0.3 is 0 Å². The molecule has 128 valence electrons. The lowest BCUT2D eigenvalue weighted by atomic mass is 9.85. The van der Waals surface area contributed by atoms with E-state index < -0.39 is 0 Å². The van der Waals surface area contributed by atoms with Crippen LogP contribution < -0.4 is 0 Å². The maximum Gasteiger partial charge on any atom is 0.137 e. The van der Waals surface area contributed by atoms with Gasteiger partial charge in [-0.1, -0.05) is 77.4 Å². The van der Waals surface area contributed by atoms with Gasteiger partial charge in [-0.3, -0.25) is 4.79 Å². The average molecular weight is 330 g/mol. The molecule has 1 atom stereocenters.